The number of carbonyl (C=O) groups excluding carboxylic acids is 4. The second kappa shape index (κ2) is 41.3. The first-order valence-corrected chi connectivity index (χ1v) is 24.4. The maximum absolute atomic E-state index is 11.9. The van der Waals surface area contributed by atoms with Crippen molar-refractivity contribution in [2.75, 3.05) is 81.6 Å². The van der Waals surface area contributed by atoms with Gasteiger partial charge < -0.3 is 43.2 Å². The summed E-state index contributed by atoms with van der Waals surface area (Å²) in [6.07, 6.45) is 36.8. The lowest BCUT2D eigenvalue weighted by Crippen LogP contribution is -2.48. The quantitative estimate of drug-likeness (QED) is 0.0454. The highest BCUT2D eigenvalue weighted by molar-refractivity contribution is 5.78. The minimum atomic E-state index is -1.01. The Balaban J connectivity index is -0.000000825. The van der Waals surface area contributed by atoms with Crippen molar-refractivity contribution in [3.05, 3.63) is 0 Å². The second-order valence-electron chi connectivity index (χ2n) is 19.4. The van der Waals surface area contributed by atoms with E-state index in [1.165, 1.54) is 148 Å². The van der Waals surface area contributed by atoms with Crippen LogP contribution >= 0.6 is 0 Å². The lowest BCUT2D eigenvalue weighted by Gasteiger charge is -2.30. The van der Waals surface area contributed by atoms with Gasteiger partial charge in [0.1, 0.15) is 25.4 Å². The Morgan fingerprint density at radius 2 is 0.492 bits per heavy atom. The van der Waals surface area contributed by atoms with E-state index in [2.05, 4.69) is 20.8 Å². The molecule has 10 heteroatoms. The molecule has 0 aliphatic heterocycles. The molecule has 0 aliphatic carbocycles. The molecule has 0 radical (unpaired) electrons. The molecule has 0 unspecified atom stereocenters. The predicted octanol–water partition coefficient (Wildman–Crippen LogP) is 7.77. The number of Topliss-reactive ketones (excluding diaryl/α,β-unsaturated/α-hetero) is 1. The van der Waals surface area contributed by atoms with Gasteiger partial charge >= 0.3 is 0 Å². The molecule has 0 fully saturated rings. The van der Waals surface area contributed by atoms with Gasteiger partial charge in [0, 0.05) is 12.8 Å². The number of aliphatic carboxylic acids is 3. The number of carboxylic acid groups (broad SMARTS) is 3. The summed E-state index contributed by atoms with van der Waals surface area (Å²) in [7, 11) is 11.6. The van der Waals surface area contributed by atoms with Gasteiger partial charge in [-0.2, -0.15) is 0 Å². The number of hydrogen-bond acceptors (Lipinski definition) is 7. The molecule has 0 aromatic rings. The molecule has 0 atom stereocenters. The zero-order valence-corrected chi connectivity index (χ0v) is 40.7. The Kier molecular flexibility index (Phi) is 42.9. The number of hydrogen-bond donors (Lipinski definition) is 0. The Bertz CT molecular complexity index is 1000. The van der Waals surface area contributed by atoms with E-state index >= 15 is 0 Å². The molecule has 0 aromatic carbocycles. The van der Waals surface area contributed by atoms with Gasteiger partial charge in [-0.25, -0.2) is 0 Å². The van der Waals surface area contributed by atoms with Crippen LogP contribution in [0.3, 0.4) is 0 Å². The monoisotopic (exact) mass is 842 g/mol. The first-order valence-electron chi connectivity index (χ1n) is 24.4. The molecular formula is C49H99N3O7. The zero-order chi connectivity index (χ0) is 45.3. The second-order valence-corrected chi connectivity index (χ2v) is 19.4. The zero-order valence-electron chi connectivity index (χ0n) is 40.7. The summed E-state index contributed by atoms with van der Waals surface area (Å²) >= 11 is 0. The number of likely N-dealkylation sites (N-methyl/N-ethyl adjacent to an activating group) is 3. The molecule has 0 aliphatic rings. The SMILES string of the molecule is CCCCCCCCCCCCC(=O)CCCC[N+](C)(C)CC(=O)[O-].CCCCCCCCCCCC[N+](C)(C)CC(=O)[O-].CCCCCCCC[N+](C)(C)CC(=O)[O-]. The van der Waals surface area contributed by atoms with E-state index in [0.29, 0.717) is 32.1 Å². The molecule has 0 saturated heterocycles. The molecule has 0 amide bonds. The third-order valence-electron chi connectivity index (χ3n) is 11.2. The highest BCUT2D eigenvalue weighted by atomic mass is 16.4. The highest BCUT2D eigenvalue weighted by Gasteiger charge is 2.16. The highest BCUT2D eigenvalue weighted by Crippen LogP contribution is 2.14. The van der Waals surface area contributed by atoms with Crippen LogP contribution in [0.5, 0.6) is 0 Å². The van der Waals surface area contributed by atoms with Crippen LogP contribution in [0, 0.1) is 0 Å². The van der Waals surface area contributed by atoms with E-state index in [9.17, 15) is 34.5 Å². The summed E-state index contributed by atoms with van der Waals surface area (Å²) in [4.78, 5) is 43.6. The van der Waals surface area contributed by atoms with Crippen molar-refractivity contribution < 1.29 is 47.9 Å². The molecular weight excluding hydrogens is 743 g/mol. The summed E-state index contributed by atoms with van der Waals surface area (Å²) in [5.41, 5.74) is 0. The summed E-state index contributed by atoms with van der Waals surface area (Å²) in [6.45, 7) is 9.63. The smallest absolute Gasteiger partial charge is 0.132 e. The molecule has 0 heterocycles. The Morgan fingerprint density at radius 3 is 0.729 bits per heavy atom. The average molecular weight is 842 g/mol. The summed E-state index contributed by atoms with van der Waals surface area (Å²) in [5, 5.41) is 31.7. The first kappa shape index (κ1) is 61.3. The number of rotatable bonds is 40. The number of nitrogens with zero attached hydrogens (tertiary/aromatic N) is 3. The fraction of sp³-hybridized carbons (Fsp3) is 0.918. The van der Waals surface area contributed by atoms with Crippen molar-refractivity contribution in [1.82, 2.24) is 0 Å². The van der Waals surface area contributed by atoms with Crippen LogP contribution in [0.2, 0.25) is 0 Å². The largest absolute Gasteiger partial charge is 0.544 e. The third kappa shape index (κ3) is 53.9. The number of unbranched alkanes of at least 4 members (excludes halogenated alkanes) is 24. The van der Waals surface area contributed by atoms with Crippen LogP contribution in [-0.2, 0) is 19.2 Å². The van der Waals surface area contributed by atoms with Crippen LogP contribution in [0.25, 0.3) is 0 Å². The van der Waals surface area contributed by atoms with E-state index in [-0.39, 0.29) is 19.6 Å². The van der Waals surface area contributed by atoms with Gasteiger partial charge in [0.05, 0.1) is 79.8 Å². The molecule has 0 N–H and O–H groups in total. The van der Waals surface area contributed by atoms with Crippen LogP contribution in [0.15, 0.2) is 0 Å². The minimum Gasteiger partial charge on any atom is -0.544 e. The molecule has 0 aromatic heterocycles. The predicted molar refractivity (Wildman–Crippen MR) is 241 cm³/mol. The van der Waals surface area contributed by atoms with Gasteiger partial charge in [-0.15, -0.1) is 0 Å². The van der Waals surface area contributed by atoms with Gasteiger partial charge in [-0.1, -0.05) is 156 Å². The number of ketones is 1. The van der Waals surface area contributed by atoms with Crippen LogP contribution in [-0.4, -0.2) is 119 Å². The van der Waals surface area contributed by atoms with Crippen LogP contribution in [0.4, 0.5) is 0 Å². The number of carboxylic acids is 3. The Labute approximate surface area is 365 Å². The van der Waals surface area contributed by atoms with Gasteiger partial charge in [-0.3, -0.25) is 4.79 Å². The van der Waals surface area contributed by atoms with E-state index in [1.807, 2.05) is 42.3 Å². The molecule has 10 nitrogen and oxygen atoms in total. The Morgan fingerprint density at radius 1 is 0.305 bits per heavy atom. The Hall–Kier alpha value is -2.04. The van der Waals surface area contributed by atoms with Gasteiger partial charge in [-0.05, 0) is 44.9 Å². The van der Waals surface area contributed by atoms with Crippen molar-refractivity contribution in [3.8, 4) is 0 Å². The van der Waals surface area contributed by atoms with Crippen molar-refractivity contribution in [2.45, 2.75) is 213 Å². The van der Waals surface area contributed by atoms with Gasteiger partial charge in [0.2, 0.25) is 0 Å². The van der Waals surface area contributed by atoms with Crippen LogP contribution < -0.4 is 15.3 Å². The molecule has 59 heavy (non-hydrogen) atoms. The topological polar surface area (TPSA) is 137 Å². The first-order chi connectivity index (χ1) is 27.8. The van der Waals surface area contributed by atoms with Crippen molar-refractivity contribution >= 4 is 23.7 Å². The minimum absolute atomic E-state index is 0.0343. The summed E-state index contributed by atoms with van der Waals surface area (Å²) < 4.78 is 1.50. The van der Waals surface area contributed by atoms with Crippen molar-refractivity contribution in [3.63, 3.8) is 0 Å². The van der Waals surface area contributed by atoms with Crippen molar-refractivity contribution in [1.29, 1.82) is 0 Å². The lowest BCUT2D eigenvalue weighted by molar-refractivity contribution is -0.885. The number of quaternary nitrogens is 3. The molecule has 0 bridgehead atoms. The summed E-state index contributed by atoms with van der Waals surface area (Å²) in [6, 6.07) is 0. The summed E-state index contributed by atoms with van der Waals surface area (Å²) in [5.74, 6) is -2.55. The molecule has 0 saturated carbocycles. The average Bonchev–Trinajstić information content (AvgIpc) is 3.12. The van der Waals surface area contributed by atoms with Gasteiger partial charge in [0.15, 0.2) is 0 Å². The molecule has 352 valence electrons. The van der Waals surface area contributed by atoms with E-state index in [0.717, 1.165) is 51.7 Å². The maximum Gasteiger partial charge on any atom is 0.132 e. The normalized spacial score (nSPS) is 11.7. The van der Waals surface area contributed by atoms with E-state index < -0.39 is 17.9 Å². The van der Waals surface area contributed by atoms with Crippen LogP contribution in [0.1, 0.15) is 213 Å². The number of carbonyl (C=O) groups is 4. The molecule has 0 spiro atoms. The van der Waals surface area contributed by atoms with E-state index in [4.69, 9.17) is 0 Å². The fourth-order valence-corrected chi connectivity index (χ4v) is 7.43. The molecule has 0 rings (SSSR count). The van der Waals surface area contributed by atoms with E-state index in [1.54, 1.807) is 0 Å². The third-order valence-corrected chi connectivity index (χ3v) is 11.2. The van der Waals surface area contributed by atoms with Crippen molar-refractivity contribution in [2.24, 2.45) is 0 Å². The standard InChI is InChI=1S/C21H41NO3.C16H33NO2.C12H25NO2/c1-4-5-6-7-8-9-10-11-12-13-16-20(23)17-14-15-18-22(2,3)19-21(24)25;1-4-5-6-7-8-9-10-11-12-13-14-17(2,3)15-16(18)19;1-4-5-6-7-8-9-10-13(2,3)11-12(14)15/h4-19H2,1-3H3;4-15H2,1-3H3;4-11H2,1-3H3. The van der Waals surface area contributed by atoms with Gasteiger partial charge in [0.25, 0.3) is 0 Å². The fourth-order valence-electron chi connectivity index (χ4n) is 7.43. The maximum atomic E-state index is 11.9. The lowest BCUT2D eigenvalue weighted by atomic mass is 10.0.